The maximum atomic E-state index is 6.17. The number of hydrogen-bond donors (Lipinski definition) is 2. The Hall–Kier alpha value is -0.770. The number of nitrogens with one attached hydrogen (secondary N) is 2. The van der Waals surface area contributed by atoms with E-state index in [2.05, 4.69) is 10.6 Å². The topological polar surface area (TPSA) is 33.3 Å². The fourth-order valence-electron chi connectivity index (χ4n) is 2.20. The lowest BCUT2D eigenvalue weighted by atomic mass is 10.2. The molecule has 2 N–H and O–H groups in total. The van der Waals surface area contributed by atoms with E-state index in [0.717, 1.165) is 36.0 Å². The molecule has 0 aromatic heterocycles. The van der Waals surface area contributed by atoms with Crippen LogP contribution in [0.2, 0.25) is 5.02 Å². The minimum atomic E-state index is 0.600. The highest BCUT2D eigenvalue weighted by Crippen LogP contribution is 2.25. The molecule has 1 fully saturated rings. The van der Waals surface area contributed by atoms with Crippen molar-refractivity contribution in [2.24, 2.45) is 0 Å². The molecule has 0 aliphatic carbocycles. The second kappa shape index (κ2) is 6.24. The SMILES string of the molecule is COc1cccc(Cl)c1CNCC1CCCN1. The molecular formula is C13H19ClN2O. The first-order valence-electron chi connectivity index (χ1n) is 6.06. The second-order valence-electron chi connectivity index (χ2n) is 4.34. The Kier molecular flexibility index (Phi) is 4.66. The molecule has 0 radical (unpaired) electrons. The standard InChI is InChI=1S/C13H19ClN2O/c1-17-13-6-2-5-12(14)11(13)9-15-8-10-4-3-7-16-10/h2,5-6,10,15-16H,3-4,7-9H2,1H3. The zero-order valence-corrected chi connectivity index (χ0v) is 10.9. The van der Waals surface area contributed by atoms with Crippen LogP contribution in [0, 0.1) is 0 Å². The highest BCUT2D eigenvalue weighted by Gasteiger charge is 2.14. The monoisotopic (exact) mass is 254 g/mol. The predicted molar refractivity (Wildman–Crippen MR) is 70.7 cm³/mol. The molecule has 1 atom stereocenters. The van der Waals surface area contributed by atoms with Crippen LogP contribution in [-0.2, 0) is 6.54 Å². The normalized spacial score (nSPS) is 19.5. The van der Waals surface area contributed by atoms with Gasteiger partial charge in [0.25, 0.3) is 0 Å². The van der Waals surface area contributed by atoms with Gasteiger partial charge in [-0.05, 0) is 31.5 Å². The van der Waals surface area contributed by atoms with Gasteiger partial charge in [0, 0.05) is 29.7 Å². The van der Waals surface area contributed by atoms with Gasteiger partial charge in [0.1, 0.15) is 5.75 Å². The Morgan fingerprint density at radius 1 is 1.53 bits per heavy atom. The highest BCUT2D eigenvalue weighted by molar-refractivity contribution is 6.31. The van der Waals surface area contributed by atoms with Gasteiger partial charge in [-0.3, -0.25) is 0 Å². The minimum Gasteiger partial charge on any atom is -0.496 e. The summed E-state index contributed by atoms with van der Waals surface area (Å²) in [5.41, 5.74) is 1.04. The number of halogens is 1. The summed E-state index contributed by atoms with van der Waals surface area (Å²) in [6, 6.07) is 6.35. The lowest BCUT2D eigenvalue weighted by molar-refractivity contribution is 0.406. The molecule has 4 heteroatoms. The summed E-state index contributed by atoms with van der Waals surface area (Å²) in [4.78, 5) is 0. The minimum absolute atomic E-state index is 0.600. The van der Waals surface area contributed by atoms with E-state index in [4.69, 9.17) is 16.3 Å². The van der Waals surface area contributed by atoms with Crippen molar-refractivity contribution < 1.29 is 4.74 Å². The number of rotatable bonds is 5. The highest BCUT2D eigenvalue weighted by atomic mass is 35.5. The molecule has 1 heterocycles. The zero-order valence-electron chi connectivity index (χ0n) is 10.1. The molecule has 1 aliphatic rings. The van der Waals surface area contributed by atoms with Crippen molar-refractivity contribution in [1.82, 2.24) is 10.6 Å². The lowest BCUT2D eigenvalue weighted by Gasteiger charge is -2.14. The molecular weight excluding hydrogens is 236 g/mol. The Morgan fingerprint density at radius 2 is 2.41 bits per heavy atom. The first-order chi connectivity index (χ1) is 8.31. The van der Waals surface area contributed by atoms with Gasteiger partial charge in [-0.2, -0.15) is 0 Å². The summed E-state index contributed by atoms with van der Waals surface area (Å²) in [5, 5.41) is 7.65. The van der Waals surface area contributed by atoms with Crippen molar-refractivity contribution in [2.75, 3.05) is 20.2 Å². The van der Waals surface area contributed by atoms with Gasteiger partial charge in [-0.1, -0.05) is 17.7 Å². The van der Waals surface area contributed by atoms with E-state index in [-0.39, 0.29) is 0 Å². The fraction of sp³-hybridized carbons (Fsp3) is 0.538. The van der Waals surface area contributed by atoms with Crippen LogP contribution >= 0.6 is 11.6 Å². The quantitative estimate of drug-likeness (QED) is 0.845. The van der Waals surface area contributed by atoms with E-state index in [1.807, 2.05) is 18.2 Å². The van der Waals surface area contributed by atoms with Crippen LogP contribution < -0.4 is 15.4 Å². The third-order valence-electron chi connectivity index (χ3n) is 3.15. The Balaban J connectivity index is 1.89. The van der Waals surface area contributed by atoms with E-state index < -0.39 is 0 Å². The van der Waals surface area contributed by atoms with Gasteiger partial charge in [0.15, 0.2) is 0 Å². The number of methoxy groups -OCH3 is 1. The lowest BCUT2D eigenvalue weighted by Crippen LogP contribution is -2.33. The summed E-state index contributed by atoms with van der Waals surface area (Å²) in [6.07, 6.45) is 2.54. The van der Waals surface area contributed by atoms with Crippen LogP contribution in [0.3, 0.4) is 0 Å². The average Bonchev–Trinajstić information content (AvgIpc) is 2.84. The summed E-state index contributed by atoms with van der Waals surface area (Å²) in [7, 11) is 1.67. The van der Waals surface area contributed by atoms with Crippen molar-refractivity contribution in [3.8, 4) is 5.75 Å². The van der Waals surface area contributed by atoms with E-state index in [1.54, 1.807) is 7.11 Å². The molecule has 0 amide bonds. The molecule has 1 aromatic carbocycles. The third-order valence-corrected chi connectivity index (χ3v) is 3.50. The molecule has 94 valence electrons. The summed E-state index contributed by atoms with van der Waals surface area (Å²) < 4.78 is 5.31. The Morgan fingerprint density at radius 3 is 3.12 bits per heavy atom. The molecule has 17 heavy (non-hydrogen) atoms. The van der Waals surface area contributed by atoms with Crippen LogP contribution in [0.5, 0.6) is 5.75 Å². The van der Waals surface area contributed by atoms with Crippen molar-refractivity contribution in [3.05, 3.63) is 28.8 Å². The average molecular weight is 255 g/mol. The van der Waals surface area contributed by atoms with Crippen LogP contribution in [0.15, 0.2) is 18.2 Å². The van der Waals surface area contributed by atoms with E-state index in [9.17, 15) is 0 Å². The van der Waals surface area contributed by atoms with Crippen LogP contribution in [0.1, 0.15) is 18.4 Å². The smallest absolute Gasteiger partial charge is 0.124 e. The number of hydrogen-bond acceptors (Lipinski definition) is 3. The number of benzene rings is 1. The molecule has 1 saturated heterocycles. The van der Waals surface area contributed by atoms with Crippen molar-refractivity contribution in [1.29, 1.82) is 0 Å². The van der Waals surface area contributed by atoms with Crippen molar-refractivity contribution >= 4 is 11.6 Å². The molecule has 1 aromatic rings. The van der Waals surface area contributed by atoms with Crippen molar-refractivity contribution in [2.45, 2.75) is 25.4 Å². The second-order valence-corrected chi connectivity index (χ2v) is 4.75. The van der Waals surface area contributed by atoms with Gasteiger partial charge in [0.05, 0.1) is 7.11 Å². The first kappa shape index (κ1) is 12.7. The van der Waals surface area contributed by atoms with Gasteiger partial charge in [-0.15, -0.1) is 0 Å². The Labute approximate surface area is 107 Å². The molecule has 0 saturated carbocycles. The molecule has 3 nitrogen and oxygen atoms in total. The zero-order chi connectivity index (χ0) is 12.1. The van der Waals surface area contributed by atoms with Gasteiger partial charge >= 0.3 is 0 Å². The molecule has 1 aliphatic heterocycles. The largest absolute Gasteiger partial charge is 0.496 e. The van der Waals surface area contributed by atoms with Gasteiger partial charge in [0.2, 0.25) is 0 Å². The summed E-state index contributed by atoms with van der Waals surface area (Å²) in [6.45, 7) is 2.87. The molecule has 0 bridgehead atoms. The van der Waals surface area contributed by atoms with Gasteiger partial charge in [-0.25, -0.2) is 0 Å². The van der Waals surface area contributed by atoms with Crippen molar-refractivity contribution in [3.63, 3.8) is 0 Å². The van der Waals surface area contributed by atoms with Crippen LogP contribution in [0.25, 0.3) is 0 Å². The number of ether oxygens (including phenoxy) is 1. The van der Waals surface area contributed by atoms with E-state index >= 15 is 0 Å². The predicted octanol–water partition coefficient (Wildman–Crippen LogP) is 2.19. The molecule has 1 unspecified atom stereocenters. The van der Waals surface area contributed by atoms with Crippen LogP contribution in [-0.4, -0.2) is 26.2 Å². The third kappa shape index (κ3) is 3.35. The fourth-order valence-corrected chi connectivity index (χ4v) is 2.44. The maximum Gasteiger partial charge on any atom is 0.124 e. The Bertz CT molecular complexity index is 364. The first-order valence-corrected chi connectivity index (χ1v) is 6.44. The molecule has 2 rings (SSSR count). The summed E-state index contributed by atoms with van der Waals surface area (Å²) in [5.74, 6) is 0.851. The molecule has 0 spiro atoms. The maximum absolute atomic E-state index is 6.17. The van der Waals surface area contributed by atoms with E-state index in [0.29, 0.717) is 6.04 Å². The van der Waals surface area contributed by atoms with Crippen LogP contribution in [0.4, 0.5) is 0 Å². The summed E-state index contributed by atoms with van der Waals surface area (Å²) >= 11 is 6.17. The van der Waals surface area contributed by atoms with E-state index in [1.165, 1.54) is 12.8 Å². The van der Waals surface area contributed by atoms with Gasteiger partial charge < -0.3 is 15.4 Å².